The third-order valence-corrected chi connectivity index (χ3v) is 5.12. The van der Waals surface area contributed by atoms with E-state index in [1.165, 1.54) is 50.9 Å². The lowest BCUT2D eigenvalue weighted by Crippen LogP contribution is -2.46. The minimum atomic E-state index is -4.27. The largest absolute Gasteiger partial charge is 0.744 e. The van der Waals surface area contributed by atoms with E-state index in [2.05, 4.69) is 20.9 Å². The Morgan fingerprint density at radius 2 is 1.40 bits per heavy atom. The number of aliphatic hydroxyl groups is 1. The van der Waals surface area contributed by atoms with Crippen LogP contribution in [0.3, 0.4) is 0 Å². The topological polar surface area (TPSA) is 77.4 Å². The number of quaternary nitrogens is 1. The number of hydrogen-bond acceptors (Lipinski definition) is 4. The molecule has 0 saturated heterocycles. The summed E-state index contributed by atoms with van der Waals surface area (Å²) < 4.78 is 32.3. The summed E-state index contributed by atoms with van der Waals surface area (Å²) >= 11 is 0. The number of nitrogens with zero attached hydrogens (tertiary/aromatic N) is 1. The first-order chi connectivity index (χ1) is 11.7. The first kappa shape index (κ1) is 24.1. The monoisotopic (exact) mass is 373 g/mol. The fraction of sp³-hybridized carbons (Fsp3) is 0.684. The Balaban J connectivity index is 0.000000472. The zero-order chi connectivity index (χ0) is 19.3. The number of rotatable bonds is 10. The molecule has 0 unspecified atom stereocenters. The molecular formula is C19H35NO4S. The number of aryl methyl sites for hydroxylation is 1. The second kappa shape index (κ2) is 12.4. The van der Waals surface area contributed by atoms with Crippen LogP contribution < -0.4 is 0 Å². The summed E-state index contributed by atoms with van der Waals surface area (Å²) in [5.74, 6) is 0. The molecule has 0 atom stereocenters. The molecule has 0 aromatic heterocycles. The molecule has 0 aliphatic carbocycles. The number of aliphatic hydroxyl groups excluding tert-OH is 1. The van der Waals surface area contributed by atoms with Crippen LogP contribution >= 0.6 is 0 Å². The smallest absolute Gasteiger partial charge is 0.124 e. The molecule has 1 aromatic carbocycles. The fourth-order valence-electron chi connectivity index (χ4n) is 2.57. The van der Waals surface area contributed by atoms with E-state index in [0.29, 0.717) is 6.61 Å². The van der Waals surface area contributed by atoms with Gasteiger partial charge in [-0.15, -0.1) is 0 Å². The van der Waals surface area contributed by atoms with Gasteiger partial charge in [-0.25, -0.2) is 8.42 Å². The van der Waals surface area contributed by atoms with Gasteiger partial charge in [0, 0.05) is 13.0 Å². The molecule has 1 aromatic rings. The van der Waals surface area contributed by atoms with Crippen molar-refractivity contribution >= 4 is 10.1 Å². The van der Waals surface area contributed by atoms with Gasteiger partial charge in [-0.05, 0) is 31.9 Å². The molecule has 1 N–H and O–H groups in total. The molecule has 0 aliphatic rings. The second-order valence-electron chi connectivity index (χ2n) is 6.84. The van der Waals surface area contributed by atoms with E-state index in [4.69, 9.17) is 5.11 Å². The minimum Gasteiger partial charge on any atom is -0.744 e. The highest BCUT2D eigenvalue weighted by Crippen LogP contribution is 2.10. The van der Waals surface area contributed by atoms with Crippen molar-refractivity contribution in [3.8, 4) is 0 Å². The van der Waals surface area contributed by atoms with Crippen molar-refractivity contribution in [2.24, 2.45) is 0 Å². The van der Waals surface area contributed by atoms with Crippen molar-refractivity contribution in [3.05, 3.63) is 29.8 Å². The van der Waals surface area contributed by atoms with E-state index < -0.39 is 10.1 Å². The minimum absolute atomic E-state index is 0.178. The van der Waals surface area contributed by atoms with Gasteiger partial charge in [0.05, 0.1) is 31.6 Å². The second-order valence-corrected chi connectivity index (χ2v) is 8.22. The lowest BCUT2D eigenvalue weighted by Gasteiger charge is -2.34. The maximum Gasteiger partial charge on any atom is 0.124 e. The summed E-state index contributed by atoms with van der Waals surface area (Å²) in [6, 6.07) is 5.78. The zero-order valence-electron chi connectivity index (χ0n) is 16.2. The van der Waals surface area contributed by atoms with Crippen molar-refractivity contribution in [3.63, 3.8) is 0 Å². The van der Waals surface area contributed by atoms with Crippen LogP contribution in [0.25, 0.3) is 0 Å². The lowest BCUT2D eigenvalue weighted by atomic mass is 10.2. The molecular weight excluding hydrogens is 338 g/mol. The quantitative estimate of drug-likeness (QED) is 0.504. The SMILES string of the molecule is CCCC[N+](C)(CCCC)CCCO.Cc1ccc(S(=O)(=O)[O-])cc1. The van der Waals surface area contributed by atoms with Crippen molar-refractivity contribution in [1.82, 2.24) is 0 Å². The standard InChI is InChI=1S/C12H28NO.C7H8O3S/c1-4-6-9-13(3,10-7-5-2)11-8-12-14;1-6-2-4-7(5-3-6)11(8,9)10/h14H,4-12H2,1-3H3;2-5H,1H3,(H,8,9,10)/q+1;/p-1. The molecule has 0 bridgehead atoms. The maximum absolute atomic E-state index is 10.4. The average Bonchev–Trinajstić information content (AvgIpc) is 2.57. The predicted octanol–water partition coefficient (Wildman–Crippen LogP) is 3.31. The van der Waals surface area contributed by atoms with Crippen LogP contribution in [-0.2, 0) is 10.1 Å². The van der Waals surface area contributed by atoms with Gasteiger partial charge in [0.15, 0.2) is 0 Å². The van der Waals surface area contributed by atoms with Crippen molar-refractivity contribution in [1.29, 1.82) is 0 Å². The number of benzene rings is 1. The summed E-state index contributed by atoms with van der Waals surface area (Å²) in [4.78, 5) is -0.178. The van der Waals surface area contributed by atoms with Gasteiger partial charge < -0.3 is 14.1 Å². The van der Waals surface area contributed by atoms with E-state index in [9.17, 15) is 13.0 Å². The van der Waals surface area contributed by atoms with Crippen LogP contribution in [0.4, 0.5) is 0 Å². The summed E-state index contributed by atoms with van der Waals surface area (Å²) in [5, 5.41) is 8.87. The Morgan fingerprint density at radius 1 is 0.960 bits per heavy atom. The van der Waals surface area contributed by atoms with Gasteiger partial charge in [0.25, 0.3) is 0 Å². The van der Waals surface area contributed by atoms with E-state index in [1.54, 1.807) is 12.1 Å². The number of unbranched alkanes of at least 4 members (excludes halogenated alkanes) is 2. The molecule has 0 amide bonds. The maximum atomic E-state index is 10.4. The first-order valence-electron chi connectivity index (χ1n) is 9.15. The zero-order valence-corrected chi connectivity index (χ0v) is 17.0. The Hall–Kier alpha value is -0.950. The summed E-state index contributed by atoms with van der Waals surface area (Å²) in [7, 11) is -1.94. The molecule has 146 valence electrons. The summed E-state index contributed by atoms with van der Waals surface area (Å²) in [6.07, 6.45) is 6.12. The van der Waals surface area contributed by atoms with Crippen LogP contribution in [0.15, 0.2) is 29.2 Å². The third-order valence-electron chi connectivity index (χ3n) is 4.27. The van der Waals surface area contributed by atoms with Gasteiger partial charge in [0.1, 0.15) is 10.1 Å². The Morgan fingerprint density at radius 3 is 1.76 bits per heavy atom. The highest BCUT2D eigenvalue weighted by molar-refractivity contribution is 7.85. The van der Waals surface area contributed by atoms with E-state index in [0.717, 1.165) is 23.0 Å². The van der Waals surface area contributed by atoms with Gasteiger partial charge in [0.2, 0.25) is 0 Å². The molecule has 0 aliphatic heterocycles. The van der Waals surface area contributed by atoms with E-state index >= 15 is 0 Å². The van der Waals surface area contributed by atoms with Crippen LogP contribution in [-0.4, -0.2) is 55.8 Å². The van der Waals surface area contributed by atoms with Gasteiger partial charge in [-0.1, -0.05) is 44.4 Å². The van der Waals surface area contributed by atoms with Crippen LogP contribution in [0.2, 0.25) is 0 Å². The summed E-state index contributed by atoms with van der Waals surface area (Å²) in [6.45, 7) is 10.3. The Bertz CT molecular complexity index is 534. The normalized spacial score (nSPS) is 11.8. The summed E-state index contributed by atoms with van der Waals surface area (Å²) in [5.41, 5.74) is 0.928. The molecule has 5 nitrogen and oxygen atoms in total. The molecule has 6 heteroatoms. The molecule has 0 heterocycles. The predicted molar refractivity (Wildman–Crippen MR) is 101 cm³/mol. The molecule has 0 saturated carbocycles. The highest BCUT2D eigenvalue weighted by Gasteiger charge is 2.19. The number of hydrogen-bond donors (Lipinski definition) is 1. The van der Waals surface area contributed by atoms with Crippen LogP contribution in [0.1, 0.15) is 51.5 Å². The van der Waals surface area contributed by atoms with Gasteiger partial charge >= 0.3 is 0 Å². The molecule has 0 spiro atoms. The first-order valence-corrected chi connectivity index (χ1v) is 10.6. The fourth-order valence-corrected chi connectivity index (χ4v) is 3.04. The van der Waals surface area contributed by atoms with Crippen LogP contribution in [0.5, 0.6) is 0 Å². The van der Waals surface area contributed by atoms with Gasteiger partial charge in [-0.3, -0.25) is 0 Å². The molecule has 25 heavy (non-hydrogen) atoms. The highest BCUT2D eigenvalue weighted by atomic mass is 32.2. The molecule has 0 radical (unpaired) electrons. The Kier molecular flexibility index (Phi) is 11.9. The van der Waals surface area contributed by atoms with Gasteiger partial charge in [-0.2, -0.15) is 0 Å². The molecule has 1 rings (SSSR count). The lowest BCUT2D eigenvalue weighted by molar-refractivity contribution is -0.910. The van der Waals surface area contributed by atoms with E-state index in [1.807, 2.05) is 6.92 Å². The van der Waals surface area contributed by atoms with Crippen LogP contribution in [0, 0.1) is 6.92 Å². The Labute approximate surface area is 154 Å². The van der Waals surface area contributed by atoms with Crippen molar-refractivity contribution in [2.75, 3.05) is 33.3 Å². The van der Waals surface area contributed by atoms with E-state index in [-0.39, 0.29) is 4.90 Å². The van der Waals surface area contributed by atoms with Crippen molar-refractivity contribution in [2.45, 2.75) is 57.8 Å². The average molecular weight is 374 g/mol. The third kappa shape index (κ3) is 11.3. The molecule has 0 fully saturated rings. The van der Waals surface area contributed by atoms with Crippen molar-refractivity contribution < 1.29 is 22.6 Å².